The van der Waals surface area contributed by atoms with Gasteiger partial charge < -0.3 is 10.2 Å². The van der Waals surface area contributed by atoms with Crippen LogP contribution in [-0.4, -0.2) is 42.0 Å². The molecule has 1 N–H and O–H groups in total. The summed E-state index contributed by atoms with van der Waals surface area (Å²) < 4.78 is 0. The molecule has 1 fully saturated rings. The number of nitrogens with zero attached hydrogens (tertiary/aromatic N) is 2. The third-order valence-electron chi connectivity index (χ3n) is 3.65. The Morgan fingerprint density at radius 2 is 2.39 bits per heavy atom. The fraction of sp³-hybridized carbons (Fsp3) is 0.571. The number of pyridine rings is 1. The average molecular weight is 247 g/mol. The summed E-state index contributed by atoms with van der Waals surface area (Å²) in [6.07, 6.45) is 3.56. The summed E-state index contributed by atoms with van der Waals surface area (Å²) in [6, 6.07) is 6.19. The largest absolute Gasteiger partial charge is 0.345 e. The normalized spacial score (nSPS) is 23.0. The molecule has 0 spiro atoms. The van der Waals surface area contributed by atoms with Gasteiger partial charge in [-0.3, -0.25) is 9.78 Å². The molecular formula is C14H21N3O. The Morgan fingerprint density at radius 3 is 3.00 bits per heavy atom. The maximum Gasteiger partial charge on any atom is 0.227 e. The van der Waals surface area contributed by atoms with Gasteiger partial charge in [-0.2, -0.15) is 0 Å². The van der Waals surface area contributed by atoms with Gasteiger partial charge in [0.25, 0.3) is 0 Å². The molecule has 1 aromatic rings. The molecule has 0 aliphatic carbocycles. The smallest absolute Gasteiger partial charge is 0.227 e. The van der Waals surface area contributed by atoms with Gasteiger partial charge in [0.05, 0.1) is 5.92 Å². The lowest BCUT2D eigenvalue weighted by atomic mass is 10.0. The number of carbonyl (C=O) groups excluding carboxylic acids is 1. The predicted octanol–water partition coefficient (Wildman–Crippen LogP) is 1.08. The molecule has 2 atom stereocenters. The van der Waals surface area contributed by atoms with E-state index in [0.29, 0.717) is 6.04 Å². The second-order valence-corrected chi connectivity index (χ2v) is 4.97. The van der Waals surface area contributed by atoms with E-state index in [9.17, 15) is 4.79 Å². The standard InChI is InChI=1S/C14H21N3O/c1-11-13(6-9-15-11)14(18)17(2)10-7-12-5-3-4-8-16-12/h3-5,8,11,13,15H,6-7,9-10H2,1-2H3. The van der Waals surface area contributed by atoms with Crippen molar-refractivity contribution in [3.05, 3.63) is 30.1 Å². The fourth-order valence-electron chi connectivity index (χ4n) is 2.42. The van der Waals surface area contributed by atoms with Crippen molar-refractivity contribution in [2.45, 2.75) is 25.8 Å². The molecule has 1 aliphatic heterocycles. The van der Waals surface area contributed by atoms with Crippen LogP contribution in [0, 0.1) is 5.92 Å². The van der Waals surface area contributed by atoms with Gasteiger partial charge in [-0.05, 0) is 32.0 Å². The molecule has 0 aromatic carbocycles. The third kappa shape index (κ3) is 3.07. The molecule has 2 heterocycles. The number of carbonyl (C=O) groups is 1. The summed E-state index contributed by atoms with van der Waals surface area (Å²) >= 11 is 0. The van der Waals surface area contributed by atoms with Crippen LogP contribution >= 0.6 is 0 Å². The minimum atomic E-state index is 0.138. The van der Waals surface area contributed by atoms with Crippen LogP contribution < -0.4 is 5.32 Å². The number of likely N-dealkylation sites (N-methyl/N-ethyl adjacent to an activating group) is 1. The number of nitrogens with one attached hydrogen (secondary N) is 1. The van der Waals surface area contributed by atoms with E-state index in [4.69, 9.17) is 0 Å². The highest BCUT2D eigenvalue weighted by Gasteiger charge is 2.31. The first-order chi connectivity index (χ1) is 8.68. The Morgan fingerprint density at radius 1 is 1.56 bits per heavy atom. The molecule has 1 saturated heterocycles. The van der Waals surface area contributed by atoms with E-state index < -0.39 is 0 Å². The molecular weight excluding hydrogens is 226 g/mol. The summed E-state index contributed by atoms with van der Waals surface area (Å²) in [5.74, 6) is 0.391. The SMILES string of the molecule is CC1NCCC1C(=O)N(C)CCc1ccccn1. The van der Waals surface area contributed by atoms with Crippen molar-refractivity contribution < 1.29 is 4.79 Å². The molecule has 4 heteroatoms. The molecule has 0 radical (unpaired) electrons. The van der Waals surface area contributed by atoms with Crippen LogP contribution in [0.25, 0.3) is 0 Å². The highest BCUT2D eigenvalue weighted by Crippen LogP contribution is 2.17. The van der Waals surface area contributed by atoms with Crippen molar-refractivity contribution >= 4 is 5.91 Å². The third-order valence-corrected chi connectivity index (χ3v) is 3.65. The number of hydrogen-bond donors (Lipinski definition) is 1. The summed E-state index contributed by atoms with van der Waals surface area (Å²) in [4.78, 5) is 18.4. The zero-order chi connectivity index (χ0) is 13.0. The van der Waals surface area contributed by atoms with Crippen molar-refractivity contribution in [1.29, 1.82) is 0 Å². The Kier molecular flexibility index (Phi) is 4.31. The number of hydrogen-bond acceptors (Lipinski definition) is 3. The number of aromatic nitrogens is 1. The van der Waals surface area contributed by atoms with Crippen molar-refractivity contribution in [1.82, 2.24) is 15.2 Å². The molecule has 0 bridgehead atoms. The van der Waals surface area contributed by atoms with Gasteiger partial charge in [-0.15, -0.1) is 0 Å². The molecule has 0 saturated carbocycles. The van der Waals surface area contributed by atoms with Crippen molar-refractivity contribution in [3.8, 4) is 0 Å². The van der Waals surface area contributed by atoms with E-state index in [1.54, 1.807) is 6.20 Å². The highest BCUT2D eigenvalue weighted by atomic mass is 16.2. The van der Waals surface area contributed by atoms with Crippen LogP contribution in [0.4, 0.5) is 0 Å². The molecule has 98 valence electrons. The van der Waals surface area contributed by atoms with Crippen LogP contribution in [0.5, 0.6) is 0 Å². The maximum atomic E-state index is 12.2. The number of amides is 1. The molecule has 4 nitrogen and oxygen atoms in total. The first-order valence-corrected chi connectivity index (χ1v) is 6.57. The predicted molar refractivity (Wildman–Crippen MR) is 71.1 cm³/mol. The lowest BCUT2D eigenvalue weighted by Gasteiger charge is -2.23. The van der Waals surface area contributed by atoms with Gasteiger partial charge in [0, 0.05) is 37.9 Å². The average Bonchev–Trinajstić information content (AvgIpc) is 2.82. The molecule has 1 aromatic heterocycles. The molecule has 18 heavy (non-hydrogen) atoms. The van der Waals surface area contributed by atoms with Gasteiger partial charge in [0.1, 0.15) is 0 Å². The van der Waals surface area contributed by atoms with Gasteiger partial charge in [-0.1, -0.05) is 6.07 Å². The van der Waals surface area contributed by atoms with E-state index >= 15 is 0 Å². The number of rotatable bonds is 4. The molecule has 2 rings (SSSR count). The topological polar surface area (TPSA) is 45.2 Å². The Bertz CT molecular complexity index is 393. The van der Waals surface area contributed by atoms with Crippen LogP contribution in [0.3, 0.4) is 0 Å². The zero-order valence-electron chi connectivity index (χ0n) is 11.1. The van der Waals surface area contributed by atoms with Crippen LogP contribution in [0.2, 0.25) is 0 Å². The molecule has 2 unspecified atom stereocenters. The monoisotopic (exact) mass is 247 g/mol. The van der Waals surface area contributed by atoms with E-state index in [-0.39, 0.29) is 11.8 Å². The summed E-state index contributed by atoms with van der Waals surface area (Å²) in [6.45, 7) is 3.77. The maximum absolute atomic E-state index is 12.2. The minimum Gasteiger partial charge on any atom is -0.345 e. The van der Waals surface area contributed by atoms with Gasteiger partial charge in [0.2, 0.25) is 5.91 Å². The van der Waals surface area contributed by atoms with Crippen LogP contribution in [0.15, 0.2) is 24.4 Å². The fourth-order valence-corrected chi connectivity index (χ4v) is 2.42. The Hall–Kier alpha value is -1.42. The van der Waals surface area contributed by atoms with Gasteiger partial charge >= 0.3 is 0 Å². The van der Waals surface area contributed by atoms with E-state index in [1.165, 1.54) is 0 Å². The second kappa shape index (κ2) is 5.96. The second-order valence-electron chi connectivity index (χ2n) is 4.97. The summed E-state index contributed by atoms with van der Waals surface area (Å²) in [5.41, 5.74) is 1.04. The summed E-state index contributed by atoms with van der Waals surface area (Å²) in [5, 5.41) is 3.32. The highest BCUT2D eigenvalue weighted by molar-refractivity contribution is 5.79. The lowest BCUT2D eigenvalue weighted by molar-refractivity contribution is -0.134. The van der Waals surface area contributed by atoms with Crippen molar-refractivity contribution in [3.63, 3.8) is 0 Å². The first kappa shape index (κ1) is 13.0. The van der Waals surface area contributed by atoms with E-state index in [1.807, 2.05) is 30.1 Å². The van der Waals surface area contributed by atoms with E-state index in [0.717, 1.165) is 31.6 Å². The van der Waals surface area contributed by atoms with Gasteiger partial charge in [-0.25, -0.2) is 0 Å². The lowest BCUT2D eigenvalue weighted by Crippen LogP contribution is -2.39. The molecule has 1 aliphatic rings. The molecule has 1 amide bonds. The van der Waals surface area contributed by atoms with Gasteiger partial charge in [0.15, 0.2) is 0 Å². The van der Waals surface area contributed by atoms with Crippen molar-refractivity contribution in [2.75, 3.05) is 20.1 Å². The van der Waals surface area contributed by atoms with Crippen LogP contribution in [0.1, 0.15) is 19.0 Å². The first-order valence-electron chi connectivity index (χ1n) is 6.57. The summed E-state index contributed by atoms with van der Waals surface area (Å²) in [7, 11) is 1.89. The quantitative estimate of drug-likeness (QED) is 0.866. The Balaban J connectivity index is 1.84. The Labute approximate surface area is 108 Å². The van der Waals surface area contributed by atoms with Crippen LogP contribution in [-0.2, 0) is 11.2 Å². The minimum absolute atomic E-state index is 0.138. The van der Waals surface area contributed by atoms with Crippen molar-refractivity contribution in [2.24, 2.45) is 5.92 Å². The zero-order valence-corrected chi connectivity index (χ0v) is 11.1. The van der Waals surface area contributed by atoms with E-state index in [2.05, 4.69) is 17.2 Å².